The average Bonchev–Trinajstić information content (AvgIpc) is 3.25. The predicted octanol–water partition coefficient (Wildman–Crippen LogP) is 9.63. The van der Waals surface area contributed by atoms with E-state index in [9.17, 15) is 0 Å². The van der Waals surface area contributed by atoms with Gasteiger partial charge in [0.25, 0.3) is 0 Å². The number of aromatic nitrogens is 1. The molecule has 36 heavy (non-hydrogen) atoms. The van der Waals surface area contributed by atoms with E-state index in [0.717, 1.165) is 5.52 Å². The zero-order valence-electron chi connectivity index (χ0n) is 20.3. The molecule has 168 valence electrons. The Morgan fingerprint density at radius 2 is 1.25 bits per heavy atom. The maximum absolute atomic E-state index is 4.64. The molecule has 7 aromatic rings. The second-order valence-corrected chi connectivity index (χ2v) is 10.1. The molecule has 1 aliphatic rings. The molecular formula is C35H23N. The Kier molecular flexibility index (Phi) is 3.86. The first-order chi connectivity index (χ1) is 17.7. The largest absolute Gasteiger partial charge is 0.256 e. The summed E-state index contributed by atoms with van der Waals surface area (Å²) in [5.74, 6) is 0. The predicted molar refractivity (Wildman–Crippen MR) is 154 cm³/mol. The highest BCUT2D eigenvalue weighted by molar-refractivity contribution is 6.29. The molecule has 0 fully saturated rings. The Labute approximate surface area is 209 Å². The first-order valence-corrected chi connectivity index (χ1v) is 12.6. The Morgan fingerprint density at radius 1 is 0.472 bits per heavy atom. The van der Waals surface area contributed by atoms with Crippen LogP contribution in [0, 0.1) is 13.8 Å². The second kappa shape index (κ2) is 7.02. The normalized spacial score (nSPS) is 12.2. The quantitative estimate of drug-likeness (QED) is 0.224. The molecule has 1 aliphatic carbocycles. The lowest BCUT2D eigenvalue weighted by Gasteiger charge is -2.16. The molecule has 0 saturated carbocycles. The molecule has 0 aliphatic heterocycles. The number of hydrogen-bond acceptors (Lipinski definition) is 1. The van der Waals surface area contributed by atoms with Gasteiger partial charge in [-0.25, -0.2) is 0 Å². The number of hydrogen-bond donors (Lipinski definition) is 0. The summed E-state index contributed by atoms with van der Waals surface area (Å²) in [7, 11) is 0. The van der Waals surface area contributed by atoms with Crippen LogP contribution in [0.2, 0.25) is 0 Å². The Hall–Kier alpha value is -4.49. The van der Waals surface area contributed by atoms with Gasteiger partial charge in [-0.15, -0.1) is 0 Å². The summed E-state index contributed by atoms with van der Waals surface area (Å²) >= 11 is 0. The summed E-state index contributed by atoms with van der Waals surface area (Å²) in [6, 6.07) is 36.0. The summed E-state index contributed by atoms with van der Waals surface area (Å²) in [4.78, 5) is 4.64. The van der Waals surface area contributed by atoms with Crippen LogP contribution in [0.25, 0.3) is 76.6 Å². The van der Waals surface area contributed by atoms with Gasteiger partial charge in [-0.2, -0.15) is 0 Å². The number of benzene rings is 6. The van der Waals surface area contributed by atoms with Crippen LogP contribution in [-0.2, 0) is 0 Å². The van der Waals surface area contributed by atoms with Gasteiger partial charge in [0.2, 0.25) is 0 Å². The van der Waals surface area contributed by atoms with Crippen LogP contribution in [0.3, 0.4) is 0 Å². The maximum Gasteiger partial charge on any atom is 0.0708 e. The number of fused-ring (bicyclic) bond motifs is 8. The van der Waals surface area contributed by atoms with Crippen molar-refractivity contribution in [3.63, 3.8) is 0 Å². The fraction of sp³-hybridized carbons (Fsp3) is 0.0571. The minimum atomic E-state index is 1.03. The first-order valence-electron chi connectivity index (χ1n) is 12.6. The molecule has 1 aromatic heterocycles. The van der Waals surface area contributed by atoms with Gasteiger partial charge in [0.15, 0.2) is 0 Å². The Bertz CT molecular complexity index is 2060. The Morgan fingerprint density at radius 3 is 2.17 bits per heavy atom. The summed E-state index contributed by atoms with van der Waals surface area (Å²) in [6.45, 7) is 4.42. The van der Waals surface area contributed by atoms with E-state index in [4.69, 9.17) is 0 Å². The number of rotatable bonds is 1. The van der Waals surface area contributed by atoms with Gasteiger partial charge < -0.3 is 0 Å². The average molecular weight is 458 g/mol. The molecule has 0 radical (unpaired) electrons. The van der Waals surface area contributed by atoms with E-state index in [-0.39, 0.29) is 0 Å². The molecule has 0 spiro atoms. The molecule has 1 heteroatoms. The second-order valence-electron chi connectivity index (χ2n) is 10.1. The fourth-order valence-corrected chi connectivity index (χ4v) is 6.42. The van der Waals surface area contributed by atoms with Crippen LogP contribution in [0.15, 0.2) is 103 Å². The van der Waals surface area contributed by atoms with Gasteiger partial charge in [0.05, 0.1) is 5.52 Å². The van der Waals surface area contributed by atoms with Gasteiger partial charge in [0, 0.05) is 11.6 Å². The van der Waals surface area contributed by atoms with Crippen LogP contribution in [0.4, 0.5) is 0 Å². The third kappa shape index (κ3) is 2.52. The maximum atomic E-state index is 4.64. The highest BCUT2D eigenvalue weighted by Crippen LogP contribution is 2.52. The van der Waals surface area contributed by atoms with Crippen molar-refractivity contribution in [2.75, 3.05) is 0 Å². The van der Waals surface area contributed by atoms with Crippen molar-refractivity contribution in [1.82, 2.24) is 4.98 Å². The molecule has 0 bridgehead atoms. The van der Waals surface area contributed by atoms with E-state index in [1.165, 1.54) is 82.2 Å². The van der Waals surface area contributed by atoms with E-state index in [0.29, 0.717) is 0 Å². The topological polar surface area (TPSA) is 12.9 Å². The van der Waals surface area contributed by atoms with Crippen molar-refractivity contribution in [1.29, 1.82) is 0 Å². The van der Waals surface area contributed by atoms with E-state index >= 15 is 0 Å². The van der Waals surface area contributed by atoms with E-state index < -0.39 is 0 Å². The summed E-state index contributed by atoms with van der Waals surface area (Å²) in [5.41, 5.74) is 11.6. The van der Waals surface area contributed by atoms with Gasteiger partial charge in [0.1, 0.15) is 0 Å². The van der Waals surface area contributed by atoms with Crippen LogP contribution in [0.5, 0.6) is 0 Å². The van der Waals surface area contributed by atoms with Crippen molar-refractivity contribution in [2.45, 2.75) is 13.8 Å². The SMILES string of the molecule is Cc1ccc2c(c1)c(-c1cccc3ncccc13)cc1c3ccc(C)c4c3c(cc21)-c1ccccc1-4. The third-order valence-electron chi connectivity index (χ3n) is 8.02. The molecule has 0 unspecified atom stereocenters. The molecule has 0 atom stereocenters. The molecular weight excluding hydrogens is 434 g/mol. The number of aryl methyl sites for hydroxylation is 2. The van der Waals surface area contributed by atoms with Gasteiger partial charge in [-0.3, -0.25) is 4.98 Å². The van der Waals surface area contributed by atoms with Crippen LogP contribution in [-0.4, -0.2) is 4.98 Å². The highest BCUT2D eigenvalue weighted by atomic mass is 14.6. The molecule has 0 saturated heterocycles. The van der Waals surface area contributed by atoms with Gasteiger partial charge in [-0.1, -0.05) is 78.4 Å². The number of nitrogens with zero attached hydrogens (tertiary/aromatic N) is 1. The molecule has 1 heterocycles. The van der Waals surface area contributed by atoms with Crippen molar-refractivity contribution in [2.24, 2.45) is 0 Å². The summed E-state index contributed by atoms with van der Waals surface area (Å²) in [5, 5.41) is 9.15. The lowest BCUT2D eigenvalue weighted by molar-refractivity contribution is 1.41. The van der Waals surface area contributed by atoms with Gasteiger partial charge >= 0.3 is 0 Å². The lowest BCUT2D eigenvalue weighted by Crippen LogP contribution is -1.90. The molecule has 1 nitrogen and oxygen atoms in total. The van der Waals surface area contributed by atoms with Crippen molar-refractivity contribution >= 4 is 43.2 Å². The molecule has 0 amide bonds. The molecule has 0 N–H and O–H groups in total. The zero-order valence-corrected chi connectivity index (χ0v) is 20.3. The van der Waals surface area contributed by atoms with Crippen LogP contribution in [0.1, 0.15) is 11.1 Å². The minimum Gasteiger partial charge on any atom is -0.256 e. The minimum absolute atomic E-state index is 1.03. The van der Waals surface area contributed by atoms with E-state index in [1.807, 2.05) is 12.3 Å². The highest BCUT2D eigenvalue weighted by Gasteiger charge is 2.25. The summed E-state index contributed by atoms with van der Waals surface area (Å²) in [6.07, 6.45) is 1.88. The Balaban J connectivity index is 1.60. The van der Waals surface area contributed by atoms with Crippen molar-refractivity contribution in [3.05, 3.63) is 114 Å². The van der Waals surface area contributed by atoms with E-state index in [2.05, 4.69) is 110 Å². The first kappa shape index (κ1) is 19.8. The monoisotopic (exact) mass is 457 g/mol. The fourth-order valence-electron chi connectivity index (χ4n) is 6.42. The van der Waals surface area contributed by atoms with Crippen molar-refractivity contribution < 1.29 is 0 Å². The number of pyridine rings is 1. The zero-order chi connectivity index (χ0) is 24.0. The smallest absolute Gasteiger partial charge is 0.0708 e. The van der Waals surface area contributed by atoms with Crippen molar-refractivity contribution in [3.8, 4) is 33.4 Å². The van der Waals surface area contributed by atoms with Gasteiger partial charge in [-0.05, 0) is 109 Å². The molecule has 8 rings (SSSR count). The standard InChI is InChI=1S/C35H23N/c1-20-12-14-24-28(17-20)29(22-9-5-11-33-25(22)10-6-16-36-33)18-31-27-15-13-21(2)34-26-8-4-3-7-23(26)32(35(27)34)19-30(24)31/h3-19H,1-2H3. The van der Waals surface area contributed by atoms with Crippen LogP contribution < -0.4 is 0 Å². The lowest BCUT2D eigenvalue weighted by atomic mass is 9.87. The molecule has 6 aromatic carbocycles. The van der Waals surface area contributed by atoms with E-state index in [1.54, 1.807) is 0 Å². The summed E-state index contributed by atoms with van der Waals surface area (Å²) < 4.78 is 0. The third-order valence-corrected chi connectivity index (χ3v) is 8.02. The van der Waals surface area contributed by atoms with Crippen LogP contribution >= 0.6 is 0 Å².